The summed E-state index contributed by atoms with van der Waals surface area (Å²) in [5.74, 6) is -2.51. The number of benzene rings is 1. The van der Waals surface area contributed by atoms with Gasteiger partial charge in [0.2, 0.25) is 17.7 Å². The number of hydrogen-bond donors (Lipinski definition) is 4. The van der Waals surface area contributed by atoms with E-state index >= 15 is 0 Å². The summed E-state index contributed by atoms with van der Waals surface area (Å²) in [5.41, 5.74) is 0.800. The van der Waals surface area contributed by atoms with E-state index < -0.39 is 48.4 Å². The molecule has 0 saturated heterocycles. The van der Waals surface area contributed by atoms with E-state index in [-0.39, 0.29) is 19.1 Å². The average molecular weight is 465 g/mol. The fourth-order valence-electron chi connectivity index (χ4n) is 2.60. The molecule has 0 aliphatic carbocycles. The van der Waals surface area contributed by atoms with Crippen molar-refractivity contribution < 1.29 is 33.4 Å². The maximum Gasteiger partial charge on any atom is 0.407 e. The number of carbonyl (C=O) groups is 5. The quantitative estimate of drug-likeness (QED) is 0.323. The van der Waals surface area contributed by atoms with Gasteiger partial charge in [0.15, 0.2) is 0 Å². The zero-order valence-electron chi connectivity index (χ0n) is 19.3. The molecule has 0 spiro atoms. The van der Waals surface area contributed by atoms with Crippen LogP contribution in [-0.2, 0) is 35.3 Å². The minimum atomic E-state index is -0.947. The van der Waals surface area contributed by atoms with E-state index in [9.17, 15) is 24.0 Å². The highest BCUT2D eigenvalue weighted by molar-refractivity contribution is 5.92. The number of hydrogen-bond acceptors (Lipinski definition) is 7. The van der Waals surface area contributed by atoms with E-state index in [4.69, 9.17) is 9.47 Å². The molecule has 0 fully saturated rings. The van der Waals surface area contributed by atoms with Gasteiger partial charge in [-0.1, -0.05) is 50.6 Å². The molecule has 0 aliphatic rings. The lowest BCUT2D eigenvalue weighted by atomic mass is 9.99. The van der Waals surface area contributed by atoms with Gasteiger partial charge in [0.1, 0.15) is 25.2 Å². The number of amides is 4. The van der Waals surface area contributed by atoms with Gasteiger partial charge >= 0.3 is 12.1 Å². The maximum atomic E-state index is 12.3. The van der Waals surface area contributed by atoms with Gasteiger partial charge in [-0.05, 0) is 18.4 Å². The van der Waals surface area contributed by atoms with Gasteiger partial charge in [-0.15, -0.1) is 0 Å². The number of carbonyl (C=O) groups excluding carboxylic acids is 5. The molecule has 0 aliphatic heterocycles. The Morgan fingerprint density at radius 2 is 1.55 bits per heavy atom. The lowest BCUT2D eigenvalue weighted by molar-refractivity contribution is -0.146. The monoisotopic (exact) mass is 464 g/mol. The Labute approximate surface area is 193 Å². The molecule has 4 amide bonds. The van der Waals surface area contributed by atoms with E-state index in [1.54, 1.807) is 19.1 Å². The lowest BCUT2D eigenvalue weighted by Gasteiger charge is -2.24. The second kappa shape index (κ2) is 14.4. The summed E-state index contributed by atoms with van der Waals surface area (Å²) in [6, 6.07) is 7.25. The van der Waals surface area contributed by atoms with E-state index in [2.05, 4.69) is 21.3 Å². The highest BCUT2D eigenvalue weighted by Crippen LogP contribution is 2.09. The average Bonchev–Trinajstić information content (AvgIpc) is 2.82. The van der Waals surface area contributed by atoms with Crippen LogP contribution in [0.1, 0.15) is 32.8 Å². The molecule has 0 saturated carbocycles. The van der Waals surface area contributed by atoms with Gasteiger partial charge in [-0.3, -0.25) is 14.4 Å². The Balaban J connectivity index is 2.33. The largest absolute Gasteiger partial charge is 0.467 e. The predicted octanol–water partition coefficient (Wildman–Crippen LogP) is 0.238. The van der Waals surface area contributed by atoms with Gasteiger partial charge in [-0.2, -0.15) is 0 Å². The van der Waals surface area contributed by atoms with Crippen LogP contribution < -0.4 is 21.3 Å². The van der Waals surface area contributed by atoms with Crippen LogP contribution in [0.25, 0.3) is 0 Å². The summed E-state index contributed by atoms with van der Waals surface area (Å²) in [6.07, 6.45) is -0.133. The predicted molar refractivity (Wildman–Crippen MR) is 119 cm³/mol. The smallest absolute Gasteiger partial charge is 0.407 e. The van der Waals surface area contributed by atoms with Crippen LogP contribution >= 0.6 is 0 Å². The molecule has 11 nitrogen and oxygen atoms in total. The van der Waals surface area contributed by atoms with Gasteiger partial charge in [0, 0.05) is 0 Å². The lowest BCUT2D eigenvalue weighted by Crippen LogP contribution is -2.53. The van der Waals surface area contributed by atoms with E-state index in [1.165, 1.54) is 14.0 Å². The molecular formula is C22H32N4O7. The Kier molecular flexibility index (Phi) is 12.0. The van der Waals surface area contributed by atoms with Crippen molar-refractivity contribution in [3.8, 4) is 0 Å². The maximum absolute atomic E-state index is 12.3. The van der Waals surface area contributed by atoms with Crippen molar-refractivity contribution in [1.29, 1.82) is 0 Å². The van der Waals surface area contributed by atoms with Crippen LogP contribution in [0.15, 0.2) is 30.3 Å². The molecule has 4 N–H and O–H groups in total. The van der Waals surface area contributed by atoms with Crippen molar-refractivity contribution in [2.24, 2.45) is 5.92 Å². The second-order valence-corrected chi connectivity index (χ2v) is 7.38. The molecule has 1 aromatic carbocycles. The van der Waals surface area contributed by atoms with Crippen molar-refractivity contribution >= 4 is 29.8 Å². The second-order valence-electron chi connectivity index (χ2n) is 7.38. The standard InChI is InChI=1S/C22H32N4O7/c1-5-14(2)19(21(30)32-4)26-20(29)15(3)25-18(28)12-23-17(27)11-24-22(31)33-13-16-9-7-6-8-10-16/h6-10,14-15,19H,5,11-13H2,1-4H3,(H,23,27)(H,24,31)(H,25,28)(H,26,29)/t14-,15+,19+/m0/s1. The van der Waals surface area contributed by atoms with Crippen molar-refractivity contribution in [1.82, 2.24) is 21.3 Å². The summed E-state index contributed by atoms with van der Waals surface area (Å²) >= 11 is 0. The van der Waals surface area contributed by atoms with E-state index in [1.807, 2.05) is 25.1 Å². The Morgan fingerprint density at radius 1 is 0.909 bits per heavy atom. The number of nitrogens with one attached hydrogen (secondary N) is 4. The summed E-state index contributed by atoms with van der Waals surface area (Å²) < 4.78 is 9.69. The first kappa shape index (κ1) is 27.4. The first-order valence-electron chi connectivity index (χ1n) is 10.6. The van der Waals surface area contributed by atoms with Gasteiger partial charge in [-0.25, -0.2) is 9.59 Å². The molecule has 0 bridgehead atoms. The summed E-state index contributed by atoms with van der Waals surface area (Å²) in [6.45, 7) is 4.40. The zero-order chi connectivity index (χ0) is 24.8. The normalized spacial score (nSPS) is 13.0. The Bertz CT molecular complexity index is 816. The number of methoxy groups -OCH3 is 1. The van der Waals surface area contributed by atoms with Crippen molar-refractivity contribution in [2.45, 2.75) is 45.9 Å². The minimum absolute atomic E-state index is 0.0600. The fourth-order valence-corrected chi connectivity index (χ4v) is 2.60. The van der Waals surface area contributed by atoms with Crippen molar-refractivity contribution in [2.75, 3.05) is 20.2 Å². The first-order valence-corrected chi connectivity index (χ1v) is 10.6. The van der Waals surface area contributed by atoms with Crippen LogP contribution in [0.5, 0.6) is 0 Å². The molecule has 182 valence electrons. The van der Waals surface area contributed by atoms with E-state index in [0.717, 1.165) is 5.56 Å². The Hall–Kier alpha value is -3.63. The molecular weight excluding hydrogens is 432 g/mol. The minimum Gasteiger partial charge on any atom is -0.467 e. The van der Waals surface area contributed by atoms with Crippen LogP contribution in [0.4, 0.5) is 4.79 Å². The molecule has 3 atom stereocenters. The third kappa shape index (κ3) is 10.5. The number of ether oxygens (including phenoxy) is 2. The fraction of sp³-hybridized carbons (Fsp3) is 0.500. The zero-order valence-corrected chi connectivity index (χ0v) is 19.3. The van der Waals surface area contributed by atoms with E-state index in [0.29, 0.717) is 6.42 Å². The van der Waals surface area contributed by atoms with Gasteiger partial charge in [0.25, 0.3) is 0 Å². The van der Waals surface area contributed by atoms with Crippen LogP contribution in [0.2, 0.25) is 0 Å². The molecule has 0 aromatic heterocycles. The van der Waals surface area contributed by atoms with Gasteiger partial charge < -0.3 is 30.7 Å². The molecule has 0 radical (unpaired) electrons. The van der Waals surface area contributed by atoms with Crippen LogP contribution in [0, 0.1) is 5.92 Å². The topological polar surface area (TPSA) is 152 Å². The highest BCUT2D eigenvalue weighted by atomic mass is 16.5. The number of alkyl carbamates (subject to hydrolysis) is 1. The first-order chi connectivity index (χ1) is 15.7. The van der Waals surface area contributed by atoms with Gasteiger partial charge in [0.05, 0.1) is 13.7 Å². The molecule has 0 heterocycles. The van der Waals surface area contributed by atoms with Crippen LogP contribution in [-0.4, -0.2) is 62.1 Å². The Morgan fingerprint density at radius 3 is 2.15 bits per heavy atom. The summed E-state index contributed by atoms with van der Waals surface area (Å²) in [5, 5.41) is 9.60. The van der Waals surface area contributed by atoms with Crippen LogP contribution in [0.3, 0.4) is 0 Å². The third-order valence-corrected chi connectivity index (χ3v) is 4.79. The highest BCUT2D eigenvalue weighted by Gasteiger charge is 2.28. The molecule has 0 unspecified atom stereocenters. The number of rotatable bonds is 12. The number of esters is 1. The van der Waals surface area contributed by atoms with Crippen molar-refractivity contribution in [3.63, 3.8) is 0 Å². The summed E-state index contributed by atoms with van der Waals surface area (Å²) in [7, 11) is 1.23. The molecule has 11 heteroatoms. The van der Waals surface area contributed by atoms with Crippen molar-refractivity contribution in [3.05, 3.63) is 35.9 Å². The summed E-state index contributed by atoms with van der Waals surface area (Å²) in [4.78, 5) is 59.7. The SMILES string of the molecule is CC[C@H](C)[C@@H](NC(=O)[C@@H](C)NC(=O)CNC(=O)CNC(=O)OCc1ccccc1)C(=O)OC. The molecule has 1 aromatic rings. The molecule has 33 heavy (non-hydrogen) atoms. The molecule has 1 rings (SSSR count). The third-order valence-electron chi connectivity index (χ3n) is 4.79.